The Labute approximate surface area is 150 Å². The van der Waals surface area contributed by atoms with E-state index >= 15 is 0 Å². The Morgan fingerprint density at radius 2 is 2.08 bits per heavy atom. The summed E-state index contributed by atoms with van der Waals surface area (Å²) in [7, 11) is 0. The molecule has 2 rings (SSSR count). The molecule has 1 amide bonds. The normalized spacial score (nSPS) is 17.9. The summed E-state index contributed by atoms with van der Waals surface area (Å²) in [5.41, 5.74) is 0.188. The first-order chi connectivity index (χ1) is 11.5. The summed E-state index contributed by atoms with van der Waals surface area (Å²) in [6, 6.07) is 7.91. The van der Waals surface area contributed by atoms with Crippen LogP contribution in [-0.4, -0.2) is 36.7 Å². The van der Waals surface area contributed by atoms with Gasteiger partial charge in [-0.1, -0.05) is 35.0 Å². The molecule has 1 aromatic rings. The predicted molar refractivity (Wildman–Crippen MR) is 94.8 cm³/mol. The van der Waals surface area contributed by atoms with Gasteiger partial charge in [-0.3, -0.25) is 9.59 Å². The largest absolute Gasteiger partial charge is 0.481 e. The fourth-order valence-corrected chi connectivity index (χ4v) is 3.45. The maximum atomic E-state index is 12.5. The van der Waals surface area contributed by atoms with Gasteiger partial charge in [-0.2, -0.15) is 0 Å². The van der Waals surface area contributed by atoms with Crippen molar-refractivity contribution in [1.82, 2.24) is 5.32 Å². The van der Waals surface area contributed by atoms with Gasteiger partial charge < -0.3 is 15.2 Å². The molecule has 0 spiro atoms. The number of carbonyl (C=O) groups is 2. The number of carboxylic acid groups (broad SMARTS) is 1. The fourth-order valence-electron chi connectivity index (χ4n) is 3.00. The zero-order chi connectivity index (χ0) is 17.6. The van der Waals surface area contributed by atoms with Crippen LogP contribution in [0.25, 0.3) is 0 Å². The van der Waals surface area contributed by atoms with Crippen molar-refractivity contribution >= 4 is 27.8 Å². The minimum Gasteiger partial charge on any atom is -0.481 e. The summed E-state index contributed by atoms with van der Waals surface area (Å²) in [6.07, 6.45) is 2.22. The van der Waals surface area contributed by atoms with Crippen LogP contribution in [-0.2, 0) is 20.7 Å². The number of halogens is 1. The van der Waals surface area contributed by atoms with Crippen LogP contribution in [0.15, 0.2) is 28.7 Å². The highest BCUT2D eigenvalue weighted by molar-refractivity contribution is 9.10. The number of aliphatic carboxylic acids is 1. The molecule has 2 N–H and O–H groups in total. The Bertz CT molecular complexity index is 584. The molecule has 0 bridgehead atoms. The van der Waals surface area contributed by atoms with Crippen molar-refractivity contribution in [2.24, 2.45) is 11.3 Å². The summed E-state index contributed by atoms with van der Waals surface area (Å²) in [5, 5.41) is 12.4. The van der Waals surface area contributed by atoms with Crippen molar-refractivity contribution in [3.63, 3.8) is 0 Å². The van der Waals surface area contributed by atoms with Crippen molar-refractivity contribution in [3.05, 3.63) is 34.3 Å². The Morgan fingerprint density at radius 3 is 2.67 bits per heavy atom. The van der Waals surface area contributed by atoms with E-state index in [1.807, 2.05) is 31.2 Å². The lowest BCUT2D eigenvalue weighted by atomic mass is 9.80. The van der Waals surface area contributed by atoms with Crippen molar-refractivity contribution in [2.45, 2.75) is 32.6 Å². The summed E-state index contributed by atoms with van der Waals surface area (Å²) < 4.78 is 6.25. The second-order valence-electron chi connectivity index (χ2n) is 6.35. The number of ether oxygens (including phenoxy) is 1. The highest BCUT2D eigenvalue weighted by atomic mass is 79.9. The maximum Gasteiger partial charge on any atom is 0.311 e. The van der Waals surface area contributed by atoms with Crippen LogP contribution >= 0.6 is 15.9 Å². The lowest BCUT2D eigenvalue weighted by Gasteiger charge is -2.33. The van der Waals surface area contributed by atoms with E-state index in [4.69, 9.17) is 4.74 Å². The van der Waals surface area contributed by atoms with Gasteiger partial charge in [0.2, 0.25) is 5.91 Å². The van der Waals surface area contributed by atoms with Crippen LogP contribution in [0.4, 0.5) is 0 Å². The lowest BCUT2D eigenvalue weighted by Crippen LogP contribution is -2.47. The number of carboxylic acids is 1. The summed E-state index contributed by atoms with van der Waals surface area (Å²) >= 11 is 3.44. The van der Waals surface area contributed by atoms with E-state index in [-0.39, 0.29) is 18.4 Å². The number of amides is 1. The molecular weight excluding hydrogens is 374 g/mol. The Morgan fingerprint density at radius 1 is 1.38 bits per heavy atom. The number of nitrogens with one attached hydrogen (secondary N) is 1. The van der Waals surface area contributed by atoms with Crippen LogP contribution in [0.2, 0.25) is 0 Å². The van der Waals surface area contributed by atoms with Gasteiger partial charge >= 0.3 is 5.97 Å². The number of hydrogen-bond donors (Lipinski definition) is 2. The second-order valence-corrected chi connectivity index (χ2v) is 7.27. The fraction of sp³-hybridized carbons (Fsp3) is 0.556. The van der Waals surface area contributed by atoms with Crippen LogP contribution in [0.3, 0.4) is 0 Å². The third-order valence-electron chi connectivity index (χ3n) is 4.74. The van der Waals surface area contributed by atoms with E-state index in [1.54, 1.807) is 0 Å². The summed E-state index contributed by atoms with van der Waals surface area (Å²) in [6.45, 7) is 3.00. The van der Waals surface area contributed by atoms with E-state index in [0.29, 0.717) is 38.9 Å². The number of carbonyl (C=O) groups excluding carboxylic acids is 1. The summed E-state index contributed by atoms with van der Waals surface area (Å²) in [4.78, 5) is 24.2. The van der Waals surface area contributed by atoms with Crippen molar-refractivity contribution in [2.75, 3.05) is 19.8 Å². The highest BCUT2D eigenvalue weighted by Gasteiger charge is 2.40. The maximum absolute atomic E-state index is 12.5. The summed E-state index contributed by atoms with van der Waals surface area (Å²) in [5.74, 6) is -1.10. The average molecular weight is 398 g/mol. The molecule has 1 aromatic carbocycles. The molecule has 0 aromatic heterocycles. The smallest absolute Gasteiger partial charge is 0.311 e. The van der Waals surface area contributed by atoms with E-state index in [9.17, 15) is 14.7 Å². The zero-order valence-electron chi connectivity index (χ0n) is 13.9. The molecule has 5 nitrogen and oxygen atoms in total. The Hall–Kier alpha value is -1.40. The van der Waals surface area contributed by atoms with Crippen LogP contribution < -0.4 is 5.32 Å². The van der Waals surface area contributed by atoms with Crippen LogP contribution in [0.1, 0.15) is 31.7 Å². The molecule has 0 aliphatic carbocycles. The first-order valence-corrected chi connectivity index (χ1v) is 9.09. The van der Waals surface area contributed by atoms with Crippen molar-refractivity contribution in [1.29, 1.82) is 0 Å². The highest BCUT2D eigenvalue weighted by Crippen LogP contribution is 2.30. The Balaban J connectivity index is 1.97. The first kappa shape index (κ1) is 18.9. The molecule has 6 heteroatoms. The van der Waals surface area contributed by atoms with Crippen molar-refractivity contribution in [3.8, 4) is 0 Å². The van der Waals surface area contributed by atoms with Crippen molar-refractivity contribution < 1.29 is 19.4 Å². The standard InChI is InChI=1S/C18H24BrNO4/c1-2-14(10-13-4-3-5-15(19)11-13)16(21)20-12-18(17(22)23)6-8-24-9-7-18/h3-5,11,14H,2,6-10,12H2,1H3,(H,20,21)(H,22,23). The van der Waals surface area contributed by atoms with E-state index in [2.05, 4.69) is 21.2 Å². The van der Waals surface area contributed by atoms with Gasteiger partial charge in [0.25, 0.3) is 0 Å². The van der Waals surface area contributed by atoms with Crippen LogP contribution in [0.5, 0.6) is 0 Å². The van der Waals surface area contributed by atoms with E-state index in [1.165, 1.54) is 0 Å². The van der Waals surface area contributed by atoms with Gasteiger partial charge in [-0.15, -0.1) is 0 Å². The molecule has 1 saturated heterocycles. The molecule has 0 saturated carbocycles. The number of benzene rings is 1. The van der Waals surface area contributed by atoms with Gasteiger partial charge in [-0.25, -0.2) is 0 Å². The van der Waals surface area contributed by atoms with Gasteiger partial charge in [0.15, 0.2) is 0 Å². The SMILES string of the molecule is CCC(Cc1cccc(Br)c1)C(=O)NCC1(C(=O)O)CCOCC1. The molecule has 1 aliphatic heterocycles. The van der Waals surface area contributed by atoms with Gasteiger partial charge in [0.1, 0.15) is 0 Å². The third kappa shape index (κ3) is 4.80. The van der Waals surface area contributed by atoms with Gasteiger partial charge in [-0.05, 0) is 43.4 Å². The molecule has 0 radical (unpaired) electrons. The first-order valence-electron chi connectivity index (χ1n) is 8.30. The molecule has 132 valence electrons. The molecule has 1 aliphatic rings. The topological polar surface area (TPSA) is 75.6 Å². The van der Waals surface area contributed by atoms with Crippen LogP contribution in [0, 0.1) is 11.3 Å². The average Bonchev–Trinajstić information content (AvgIpc) is 2.58. The Kier molecular flexibility index (Phi) is 6.80. The van der Waals surface area contributed by atoms with Gasteiger partial charge in [0.05, 0.1) is 5.41 Å². The third-order valence-corrected chi connectivity index (χ3v) is 5.23. The second kappa shape index (κ2) is 8.62. The van der Waals surface area contributed by atoms with E-state index in [0.717, 1.165) is 10.0 Å². The molecule has 1 atom stereocenters. The molecule has 1 heterocycles. The quantitative estimate of drug-likeness (QED) is 0.741. The van der Waals surface area contributed by atoms with E-state index < -0.39 is 11.4 Å². The molecule has 1 unspecified atom stereocenters. The predicted octanol–water partition coefficient (Wildman–Crippen LogP) is 3.02. The molecule has 24 heavy (non-hydrogen) atoms. The number of hydrogen-bond acceptors (Lipinski definition) is 3. The molecular formula is C18H24BrNO4. The zero-order valence-corrected chi connectivity index (χ0v) is 15.5. The molecule has 1 fully saturated rings. The van der Waals surface area contributed by atoms with Gasteiger partial charge in [0, 0.05) is 30.1 Å². The minimum absolute atomic E-state index is 0.0791. The minimum atomic E-state index is -0.901. The monoisotopic (exact) mass is 397 g/mol. The lowest BCUT2D eigenvalue weighted by molar-refractivity contribution is -0.154. The number of rotatable bonds is 7.